The van der Waals surface area contributed by atoms with E-state index >= 15 is 0 Å². The first-order valence-corrected chi connectivity index (χ1v) is 7.36. The Hall–Kier alpha value is -2.60. The summed E-state index contributed by atoms with van der Waals surface area (Å²) in [5.74, 6) is -1.04. The van der Waals surface area contributed by atoms with Gasteiger partial charge in [-0.1, -0.05) is 12.1 Å². The number of nitrogens with one attached hydrogen (secondary N) is 2. The van der Waals surface area contributed by atoms with Crippen LogP contribution < -0.4 is 10.6 Å². The minimum Gasteiger partial charge on any atom is -0.467 e. The number of furan rings is 1. The lowest BCUT2D eigenvalue weighted by atomic mass is 10.1. The van der Waals surface area contributed by atoms with E-state index in [-0.39, 0.29) is 13.0 Å². The summed E-state index contributed by atoms with van der Waals surface area (Å²) in [7, 11) is 0. The number of amides is 2. The molecule has 0 saturated carbocycles. The van der Waals surface area contributed by atoms with Gasteiger partial charge in [0, 0.05) is 12.2 Å². The number of hydrogen-bond donors (Lipinski definition) is 3. The molecule has 0 fully saturated rings. The third-order valence-electron chi connectivity index (χ3n) is 3.63. The summed E-state index contributed by atoms with van der Waals surface area (Å²) in [5.41, 5.74) is 2.56. The van der Waals surface area contributed by atoms with Crippen molar-refractivity contribution in [3.05, 3.63) is 53.5 Å². The van der Waals surface area contributed by atoms with Gasteiger partial charge in [-0.15, -0.1) is 0 Å². The molecule has 1 heterocycles. The summed E-state index contributed by atoms with van der Waals surface area (Å²) in [6.45, 7) is 3.98. The zero-order chi connectivity index (χ0) is 16.8. The molecule has 0 aliphatic carbocycles. The Morgan fingerprint density at radius 1 is 1.17 bits per heavy atom. The van der Waals surface area contributed by atoms with Crippen LogP contribution in [0.4, 0.5) is 5.69 Å². The van der Waals surface area contributed by atoms with Gasteiger partial charge in [-0.3, -0.25) is 9.59 Å². The standard InChI is InChI=1S/C17H20N2O4/c1-11-5-3-6-13(12(11)2)19-17(22)16(21)18-9-8-14(20)15-7-4-10-23-15/h3-7,10,14,20H,8-9H2,1-2H3,(H,18,21)(H,19,22)/t14-/m1/s1. The van der Waals surface area contributed by atoms with Gasteiger partial charge in [-0.05, 0) is 49.6 Å². The molecule has 2 amide bonds. The van der Waals surface area contributed by atoms with Gasteiger partial charge in [0.05, 0.1) is 6.26 Å². The Bertz CT molecular complexity index is 680. The molecule has 2 rings (SSSR count). The predicted octanol–water partition coefficient (Wildman–Crippen LogP) is 2.07. The fourth-order valence-corrected chi connectivity index (χ4v) is 2.09. The van der Waals surface area contributed by atoms with Crippen molar-refractivity contribution in [2.45, 2.75) is 26.4 Å². The number of carbonyl (C=O) groups is 2. The second kappa shape index (κ2) is 7.60. The van der Waals surface area contributed by atoms with Crippen LogP contribution in [0.25, 0.3) is 0 Å². The van der Waals surface area contributed by atoms with Crippen LogP contribution in [0.2, 0.25) is 0 Å². The van der Waals surface area contributed by atoms with Crippen LogP contribution in [0.3, 0.4) is 0 Å². The Kier molecular flexibility index (Phi) is 5.54. The smallest absolute Gasteiger partial charge is 0.313 e. The van der Waals surface area contributed by atoms with Crippen LogP contribution in [0, 0.1) is 13.8 Å². The van der Waals surface area contributed by atoms with Gasteiger partial charge in [0.2, 0.25) is 0 Å². The molecule has 0 bridgehead atoms. The van der Waals surface area contributed by atoms with Crippen molar-refractivity contribution in [2.24, 2.45) is 0 Å². The van der Waals surface area contributed by atoms with Crippen LogP contribution in [0.5, 0.6) is 0 Å². The maximum atomic E-state index is 11.9. The fraction of sp³-hybridized carbons (Fsp3) is 0.294. The van der Waals surface area contributed by atoms with Crippen molar-refractivity contribution >= 4 is 17.5 Å². The highest BCUT2D eigenvalue weighted by Gasteiger charge is 2.16. The number of rotatable bonds is 5. The van der Waals surface area contributed by atoms with Crippen molar-refractivity contribution in [1.29, 1.82) is 0 Å². The van der Waals surface area contributed by atoms with E-state index < -0.39 is 17.9 Å². The monoisotopic (exact) mass is 316 g/mol. The van der Waals surface area contributed by atoms with Gasteiger partial charge in [-0.25, -0.2) is 0 Å². The van der Waals surface area contributed by atoms with Gasteiger partial charge in [0.1, 0.15) is 11.9 Å². The second-order valence-electron chi connectivity index (χ2n) is 5.28. The molecule has 6 nitrogen and oxygen atoms in total. The summed E-state index contributed by atoms with van der Waals surface area (Å²) in [4.78, 5) is 23.7. The minimum atomic E-state index is -0.813. The highest BCUT2D eigenvalue weighted by molar-refractivity contribution is 6.39. The normalized spacial score (nSPS) is 11.8. The number of benzene rings is 1. The average Bonchev–Trinajstić information content (AvgIpc) is 3.06. The van der Waals surface area contributed by atoms with E-state index in [9.17, 15) is 14.7 Å². The number of anilines is 1. The summed E-state index contributed by atoms with van der Waals surface area (Å²) in [5, 5.41) is 14.9. The predicted molar refractivity (Wildman–Crippen MR) is 85.8 cm³/mol. The van der Waals surface area contributed by atoms with Crippen molar-refractivity contribution in [1.82, 2.24) is 5.32 Å². The first kappa shape index (κ1) is 16.8. The van der Waals surface area contributed by atoms with Crippen molar-refractivity contribution < 1.29 is 19.1 Å². The highest BCUT2D eigenvalue weighted by Crippen LogP contribution is 2.18. The number of aliphatic hydroxyl groups is 1. The van der Waals surface area contributed by atoms with Gasteiger partial charge >= 0.3 is 11.8 Å². The highest BCUT2D eigenvalue weighted by atomic mass is 16.4. The number of hydrogen-bond acceptors (Lipinski definition) is 4. The zero-order valence-corrected chi connectivity index (χ0v) is 13.1. The van der Waals surface area contributed by atoms with Gasteiger partial charge < -0.3 is 20.2 Å². The lowest BCUT2D eigenvalue weighted by Crippen LogP contribution is -2.36. The lowest BCUT2D eigenvalue weighted by Gasteiger charge is -2.11. The molecular weight excluding hydrogens is 296 g/mol. The van der Waals surface area contributed by atoms with E-state index in [1.54, 1.807) is 18.2 Å². The van der Waals surface area contributed by atoms with Crippen LogP contribution in [0.15, 0.2) is 41.0 Å². The summed E-state index contributed by atoms with van der Waals surface area (Å²) >= 11 is 0. The molecular formula is C17H20N2O4. The largest absolute Gasteiger partial charge is 0.467 e. The van der Waals surface area contributed by atoms with Crippen molar-refractivity contribution in [3.63, 3.8) is 0 Å². The van der Waals surface area contributed by atoms with E-state index in [0.717, 1.165) is 11.1 Å². The fourth-order valence-electron chi connectivity index (χ4n) is 2.09. The topological polar surface area (TPSA) is 91.6 Å². The van der Waals surface area contributed by atoms with E-state index in [0.29, 0.717) is 11.4 Å². The van der Waals surface area contributed by atoms with E-state index in [1.165, 1.54) is 6.26 Å². The maximum Gasteiger partial charge on any atom is 0.313 e. The molecule has 6 heteroatoms. The summed E-state index contributed by atoms with van der Waals surface area (Å²) in [6, 6.07) is 8.82. The van der Waals surface area contributed by atoms with Crippen LogP contribution in [-0.2, 0) is 9.59 Å². The van der Waals surface area contributed by atoms with Crippen molar-refractivity contribution in [2.75, 3.05) is 11.9 Å². The van der Waals surface area contributed by atoms with E-state index in [2.05, 4.69) is 10.6 Å². The molecule has 122 valence electrons. The Morgan fingerprint density at radius 2 is 1.96 bits per heavy atom. The van der Waals surface area contributed by atoms with Crippen LogP contribution >= 0.6 is 0 Å². The first-order chi connectivity index (χ1) is 11.0. The molecule has 0 spiro atoms. The maximum absolute atomic E-state index is 11.9. The molecule has 2 aromatic rings. The molecule has 0 radical (unpaired) electrons. The van der Waals surface area contributed by atoms with Gasteiger partial charge in [0.15, 0.2) is 0 Å². The molecule has 23 heavy (non-hydrogen) atoms. The third-order valence-corrected chi connectivity index (χ3v) is 3.63. The molecule has 0 saturated heterocycles. The molecule has 1 atom stereocenters. The Balaban J connectivity index is 1.81. The second-order valence-corrected chi connectivity index (χ2v) is 5.28. The quantitative estimate of drug-likeness (QED) is 0.736. The van der Waals surface area contributed by atoms with Crippen LogP contribution in [0.1, 0.15) is 29.4 Å². The molecule has 0 aliphatic heterocycles. The summed E-state index contributed by atoms with van der Waals surface area (Å²) < 4.78 is 5.06. The van der Waals surface area contributed by atoms with E-state index in [1.807, 2.05) is 26.0 Å². The first-order valence-electron chi connectivity index (χ1n) is 7.36. The molecule has 0 unspecified atom stereocenters. The molecule has 1 aromatic carbocycles. The molecule has 3 N–H and O–H groups in total. The zero-order valence-electron chi connectivity index (χ0n) is 13.1. The number of carbonyl (C=O) groups excluding carboxylic acids is 2. The van der Waals surface area contributed by atoms with E-state index in [4.69, 9.17) is 4.42 Å². The molecule has 1 aromatic heterocycles. The third kappa shape index (κ3) is 4.43. The summed E-state index contributed by atoms with van der Waals surface area (Å²) in [6.07, 6.45) is 0.914. The van der Waals surface area contributed by atoms with Crippen molar-refractivity contribution in [3.8, 4) is 0 Å². The van der Waals surface area contributed by atoms with Gasteiger partial charge in [0.25, 0.3) is 0 Å². The number of aliphatic hydroxyl groups excluding tert-OH is 1. The number of aryl methyl sites for hydroxylation is 1. The Labute approximate surface area is 134 Å². The average molecular weight is 316 g/mol. The van der Waals surface area contributed by atoms with Gasteiger partial charge in [-0.2, -0.15) is 0 Å². The lowest BCUT2D eigenvalue weighted by molar-refractivity contribution is -0.136. The molecule has 0 aliphatic rings. The minimum absolute atomic E-state index is 0.168. The Morgan fingerprint density at radius 3 is 2.65 bits per heavy atom. The van der Waals surface area contributed by atoms with Crippen LogP contribution in [-0.4, -0.2) is 23.5 Å². The SMILES string of the molecule is Cc1cccc(NC(=O)C(=O)NCC[C@@H](O)c2ccco2)c1C.